The molecule has 1 N–H and O–H groups in total. The van der Waals surface area contributed by atoms with Crippen LogP contribution >= 0.6 is 0 Å². The Balaban J connectivity index is 1.71. The number of anilines is 1. The van der Waals surface area contributed by atoms with Crippen LogP contribution in [-0.4, -0.2) is 73.3 Å². The smallest absolute Gasteiger partial charge is 0.252 e. The molecule has 0 radical (unpaired) electrons. The van der Waals surface area contributed by atoms with Gasteiger partial charge < -0.3 is 10.1 Å². The quantitative estimate of drug-likeness (QED) is 0.515. The van der Waals surface area contributed by atoms with Gasteiger partial charge in [-0.15, -0.1) is 0 Å². The largest absolute Gasteiger partial charge is 0.379 e. The molecule has 11 nitrogen and oxygen atoms in total. The van der Waals surface area contributed by atoms with Gasteiger partial charge in [0.25, 0.3) is 5.16 Å². The number of sulfone groups is 1. The van der Waals surface area contributed by atoms with Gasteiger partial charge in [0.15, 0.2) is 5.65 Å². The van der Waals surface area contributed by atoms with Crippen molar-refractivity contribution in [1.82, 2.24) is 23.9 Å². The normalized spacial score (nSPS) is 15.9. The predicted molar refractivity (Wildman–Crippen MR) is 121 cm³/mol. The molecule has 178 valence electrons. The van der Waals surface area contributed by atoms with Gasteiger partial charge in [-0.2, -0.15) is 23.9 Å². The Bertz CT molecular complexity index is 1380. The van der Waals surface area contributed by atoms with E-state index in [2.05, 4.69) is 20.4 Å². The third-order valence-corrected chi connectivity index (χ3v) is 8.17. The summed E-state index contributed by atoms with van der Waals surface area (Å²) in [6.07, 6.45) is 2.67. The van der Waals surface area contributed by atoms with Gasteiger partial charge in [-0.25, -0.2) is 16.8 Å². The molecule has 3 aromatic rings. The van der Waals surface area contributed by atoms with Crippen molar-refractivity contribution in [2.75, 3.05) is 37.9 Å². The first kappa shape index (κ1) is 23.5. The Morgan fingerprint density at radius 1 is 1.09 bits per heavy atom. The fourth-order valence-electron chi connectivity index (χ4n) is 3.56. The number of fused-ring (bicyclic) bond motifs is 1. The van der Waals surface area contributed by atoms with Crippen LogP contribution in [0.2, 0.25) is 0 Å². The van der Waals surface area contributed by atoms with Gasteiger partial charge in [0.1, 0.15) is 0 Å². The Morgan fingerprint density at radius 2 is 1.79 bits per heavy atom. The lowest BCUT2D eigenvalue weighted by Gasteiger charge is -2.27. The van der Waals surface area contributed by atoms with Crippen molar-refractivity contribution in [1.29, 1.82) is 0 Å². The lowest BCUT2D eigenvalue weighted by atomic mass is 10.1. The molecule has 0 amide bonds. The summed E-state index contributed by atoms with van der Waals surface area (Å²) in [4.78, 5) is 8.54. The van der Waals surface area contributed by atoms with Gasteiger partial charge in [0.2, 0.25) is 25.8 Å². The number of nitrogens with one attached hydrogen (secondary N) is 1. The maximum Gasteiger partial charge on any atom is 0.252 e. The fraction of sp³-hybridized carbons (Fsp3) is 0.450. The number of sulfonamides is 1. The molecule has 1 aliphatic rings. The zero-order valence-corrected chi connectivity index (χ0v) is 20.2. The van der Waals surface area contributed by atoms with Gasteiger partial charge in [0.05, 0.1) is 24.3 Å². The fourth-order valence-corrected chi connectivity index (χ4v) is 5.70. The minimum Gasteiger partial charge on any atom is -0.379 e. The van der Waals surface area contributed by atoms with E-state index in [1.165, 1.54) is 8.82 Å². The third kappa shape index (κ3) is 4.71. The van der Waals surface area contributed by atoms with Crippen LogP contribution in [0.3, 0.4) is 0 Å². The monoisotopic (exact) mass is 494 g/mol. The first-order valence-electron chi connectivity index (χ1n) is 10.4. The van der Waals surface area contributed by atoms with E-state index in [9.17, 15) is 16.8 Å². The molecule has 0 atom stereocenters. The molecule has 1 fully saturated rings. The maximum absolute atomic E-state index is 13.2. The first-order valence-corrected chi connectivity index (χ1v) is 13.8. The summed E-state index contributed by atoms with van der Waals surface area (Å²) in [7, 11) is -7.40. The SMILES string of the molecule is CC(C)c1cnn2c(NCc3ccccc3S(=O)(=O)N3CCOCC3)nc(S(C)(=O)=O)nc12. The minimum atomic E-state index is -3.72. The standard InChI is InChI=1S/C20H26N6O5S2/c1-14(2)16-13-22-26-18(16)23-20(32(3,27)28)24-19(26)21-12-15-6-4-5-7-17(15)33(29,30)25-8-10-31-11-9-25/h4-7,13-14H,8-12H2,1-3H3,(H,21,23,24). The third-order valence-electron chi connectivity index (χ3n) is 5.33. The average Bonchev–Trinajstić information content (AvgIpc) is 3.22. The number of ether oxygens (including phenoxy) is 1. The molecular formula is C20H26N6O5S2. The maximum atomic E-state index is 13.2. The summed E-state index contributed by atoms with van der Waals surface area (Å²) < 4.78 is 58.9. The second-order valence-electron chi connectivity index (χ2n) is 8.07. The van der Waals surface area contributed by atoms with Crippen molar-refractivity contribution in [3.8, 4) is 0 Å². The highest BCUT2D eigenvalue weighted by atomic mass is 32.2. The lowest BCUT2D eigenvalue weighted by Crippen LogP contribution is -2.41. The molecule has 13 heteroatoms. The van der Waals surface area contributed by atoms with Crippen LogP contribution in [-0.2, 0) is 31.1 Å². The molecule has 2 aromatic heterocycles. The van der Waals surface area contributed by atoms with Crippen molar-refractivity contribution in [3.05, 3.63) is 41.6 Å². The summed E-state index contributed by atoms with van der Waals surface area (Å²) in [6, 6.07) is 6.68. The number of benzene rings is 1. The molecular weight excluding hydrogens is 468 g/mol. The molecule has 33 heavy (non-hydrogen) atoms. The van der Waals surface area contributed by atoms with Crippen molar-refractivity contribution >= 4 is 31.5 Å². The molecule has 0 spiro atoms. The van der Waals surface area contributed by atoms with Gasteiger partial charge in [-0.3, -0.25) is 0 Å². The van der Waals surface area contributed by atoms with E-state index < -0.39 is 19.9 Å². The molecule has 1 aliphatic heterocycles. The summed E-state index contributed by atoms with van der Waals surface area (Å²) in [5.41, 5.74) is 1.69. The summed E-state index contributed by atoms with van der Waals surface area (Å²) in [5, 5.41) is 7.05. The molecule has 4 rings (SSSR count). The molecule has 0 unspecified atom stereocenters. The van der Waals surface area contributed by atoms with E-state index in [1.807, 2.05) is 13.8 Å². The van der Waals surface area contributed by atoms with Crippen LogP contribution in [0.15, 0.2) is 40.5 Å². The van der Waals surface area contributed by atoms with Crippen molar-refractivity contribution < 1.29 is 21.6 Å². The van der Waals surface area contributed by atoms with Gasteiger partial charge in [-0.05, 0) is 17.5 Å². The number of hydrogen-bond donors (Lipinski definition) is 1. The number of nitrogens with zero attached hydrogens (tertiary/aromatic N) is 5. The van der Waals surface area contributed by atoms with E-state index in [0.717, 1.165) is 11.8 Å². The number of hydrogen-bond acceptors (Lipinski definition) is 9. The molecule has 0 bridgehead atoms. The predicted octanol–water partition coefficient (Wildman–Crippen LogP) is 1.28. The van der Waals surface area contributed by atoms with Gasteiger partial charge in [0, 0.05) is 31.5 Å². The summed E-state index contributed by atoms with van der Waals surface area (Å²) in [5.74, 6) is 0.225. The second kappa shape index (κ2) is 8.97. The molecule has 1 saturated heterocycles. The van der Waals surface area contributed by atoms with Crippen LogP contribution in [0.25, 0.3) is 5.65 Å². The van der Waals surface area contributed by atoms with Crippen LogP contribution < -0.4 is 5.32 Å². The number of aromatic nitrogens is 4. The van der Waals surface area contributed by atoms with Crippen LogP contribution in [0.4, 0.5) is 5.95 Å². The van der Waals surface area contributed by atoms with E-state index in [1.54, 1.807) is 30.5 Å². The summed E-state index contributed by atoms with van der Waals surface area (Å²) >= 11 is 0. The van der Waals surface area contributed by atoms with Crippen LogP contribution in [0.5, 0.6) is 0 Å². The topological polar surface area (TPSA) is 136 Å². The molecule has 0 saturated carbocycles. The highest BCUT2D eigenvalue weighted by molar-refractivity contribution is 7.90. The van der Waals surface area contributed by atoms with Gasteiger partial charge in [-0.1, -0.05) is 32.0 Å². The molecule has 1 aromatic carbocycles. The molecule has 0 aliphatic carbocycles. The highest BCUT2D eigenvalue weighted by Gasteiger charge is 2.28. The Hall–Kier alpha value is -2.61. The average molecular weight is 495 g/mol. The van der Waals surface area contributed by atoms with Crippen molar-refractivity contribution in [3.63, 3.8) is 0 Å². The van der Waals surface area contributed by atoms with E-state index >= 15 is 0 Å². The summed E-state index contributed by atoms with van der Waals surface area (Å²) in [6.45, 7) is 5.29. The first-order chi connectivity index (χ1) is 15.6. The lowest BCUT2D eigenvalue weighted by molar-refractivity contribution is 0.0730. The Kier molecular flexibility index (Phi) is 6.40. The molecule has 3 heterocycles. The highest BCUT2D eigenvalue weighted by Crippen LogP contribution is 2.24. The van der Waals surface area contributed by atoms with Crippen molar-refractivity contribution in [2.45, 2.75) is 36.4 Å². The van der Waals surface area contributed by atoms with Crippen LogP contribution in [0.1, 0.15) is 30.9 Å². The zero-order chi connectivity index (χ0) is 23.8. The second-order valence-corrected chi connectivity index (χ2v) is 11.9. The Morgan fingerprint density at radius 3 is 2.45 bits per heavy atom. The van der Waals surface area contributed by atoms with Gasteiger partial charge >= 0.3 is 0 Å². The van der Waals surface area contributed by atoms with E-state index in [4.69, 9.17) is 4.74 Å². The number of rotatable bonds is 7. The zero-order valence-electron chi connectivity index (χ0n) is 18.6. The van der Waals surface area contributed by atoms with E-state index in [-0.39, 0.29) is 28.5 Å². The Labute approximate surface area is 192 Å². The minimum absolute atomic E-state index is 0.0667. The van der Waals surface area contributed by atoms with Crippen molar-refractivity contribution in [2.24, 2.45) is 0 Å². The van der Waals surface area contributed by atoms with Crippen LogP contribution in [0, 0.1) is 0 Å². The number of morpholine rings is 1. The van der Waals surface area contributed by atoms with E-state index in [0.29, 0.717) is 37.5 Å².